The highest BCUT2D eigenvalue weighted by molar-refractivity contribution is 5.05. The highest BCUT2D eigenvalue weighted by atomic mass is 16.5. The van der Waals surface area contributed by atoms with E-state index in [1.165, 1.54) is 0 Å². The lowest BCUT2D eigenvalue weighted by atomic mass is 10.2. The number of ether oxygens (including phenoxy) is 1. The SMILES string of the molecule is CCC(COC)NCc1nc(C)c(C)o1. The van der Waals surface area contributed by atoms with Crippen molar-refractivity contribution in [3.63, 3.8) is 0 Å². The summed E-state index contributed by atoms with van der Waals surface area (Å²) < 4.78 is 10.6. The first-order chi connectivity index (χ1) is 7.17. The van der Waals surface area contributed by atoms with Crippen molar-refractivity contribution in [2.24, 2.45) is 0 Å². The molecule has 1 aromatic rings. The summed E-state index contributed by atoms with van der Waals surface area (Å²) in [6.45, 7) is 7.39. The number of hydrogen-bond acceptors (Lipinski definition) is 4. The first-order valence-electron chi connectivity index (χ1n) is 5.32. The maximum atomic E-state index is 5.47. The molecular weight excluding hydrogens is 192 g/mol. The van der Waals surface area contributed by atoms with Crippen LogP contribution in [-0.4, -0.2) is 24.7 Å². The van der Waals surface area contributed by atoms with Crippen molar-refractivity contribution in [2.45, 2.75) is 39.8 Å². The van der Waals surface area contributed by atoms with Crippen molar-refractivity contribution < 1.29 is 9.15 Å². The lowest BCUT2D eigenvalue weighted by molar-refractivity contribution is 0.162. The van der Waals surface area contributed by atoms with Crippen LogP contribution in [0.2, 0.25) is 0 Å². The maximum absolute atomic E-state index is 5.47. The van der Waals surface area contributed by atoms with Crippen LogP contribution >= 0.6 is 0 Å². The van der Waals surface area contributed by atoms with E-state index in [1.807, 2.05) is 13.8 Å². The van der Waals surface area contributed by atoms with Gasteiger partial charge in [0.2, 0.25) is 5.89 Å². The van der Waals surface area contributed by atoms with Gasteiger partial charge in [0.1, 0.15) is 5.76 Å². The normalized spacial score (nSPS) is 13.1. The van der Waals surface area contributed by atoms with E-state index in [2.05, 4.69) is 17.2 Å². The zero-order chi connectivity index (χ0) is 11.3. The third-order valence-corrected chi connectivity index (χ3v) is 2.48. The second-order valence-electron chi connectivity index (χ2n) is 3.69. The first-order valence-corrected chi connectivity index (χ1v) is 5.32. The van der Waals surface area contributed by atoms with Crippen LogP contribution in [0.25, 0.3) is 0 Å². The molecule has 0 saturated carbocycles. The molecule has 86 valence electrons. The van der Waals surface area contributed by atoms with Crippen LogP contribution in [-0.2, 0) is 11.3 Å². The second kappa shape index (κ2) is 5.88. The van der Waals surface area contributed by atoms with Crippen LogP contribution in [0.5, 0.6) is 0 Å². The third-order valence-electron chi connectivity index (χ3n) is 2.48. The standard InChI is InChI=1S/C11H20N2O2/c1-5-10(7-14-4)12-6-11-13-8(2)9(3)15-11/h10,12H,5-7H2,1-4H3. The second-order valence-corrected chi connectivity index (χ2v) is 3.69. The van der Waals surface area contributed by atoms with Gasteiger partial charge in [0, 0.05) is 13.2 Å². The molecule has 0 bridgehead atoms. The fourth-order valence-corrected chi connectivity index (χ4v) is 1.37. The number of hydrogen-bond donors (Lipinski definition) is 1. The summed E-state index contributed by atoms with van der Waals surface area (Å²) in [5.74, 6) is 1.64. The van der Waals surface area contributed by atoms with E-state index in [9.17, 15) is 0 Å². The molecule has 0 radical (unpaired) electrons. The molecule has 4 nitrogen and oxygen atoms in total. The Morgan fingerprint density at radius 3 is 2.67 bits per heavy atom. The van der Waals surface area contributed by atoms with Gasteiger partial charge in [0.15, 0.2) is 0 Å². The molecule has 15 heavy (non-hydrogen) atoms. The zero-order valence-corrected chi connectivity index (χ0v) is 9.96. The fraction of sp³-hybridized carbons (Fsp3) is 0.727. The van der Waals surface area contributed by atoms with Crippen LogP contribution in [0.15, 0.2) is 4.42 Å². The van der Waals surface area contributed by atoms with Crippen LogP contribution in [0.1, 0.15) is 30.7 Å². The summed E-state index contributed by atoms with van der Waals surface area (Å²) in [6.07, 6.45) is 1.03. The average molecular weight is 212 g/mol. The first kappa shape index (κ1) is 12.2. The molecule has 1 atom stereocenters. The molecule has 1 unspecified atom stereocenters. The highest BCUT2D eigenvalue weighted by Gasteiger charge is 2.08. The number of nitrogens with zero attached hydrogens (tertiary/aromatic N) is 1. The minimum atomic E-state index is 0.363. The van der Waals surface area contributed by atoms with E-state index < -0.39 is 0 Å². The van der Waals surface area contributed by atoms with E-state index in [-0.39, 0.29) is 0 Å². The summed E-state index contributed by atoms with van der Waals surface area (Å²) >= 11 is 0. The Morgan fingerprint density at radius 1 is 1.47 bits per heavy atom. The number of rotatable bonds is 6. The number of methoxy groups -OCH3 is 1. The smallest absolute Gasteiger partial charge is 0.208 e. The van der Waals surface area contributed by atoms with Gasteiger partial charge in [0.25, 0.3) is 0 Å². The van der Waals surface area contributed by atoms with Crippen LogP contribution in [0, 0.1) is 13.8 Å². The molecule has 4 heteroatoms. The highest BCUT2D eigenvalue weighted by Crippen LogP contribution is 2.08. The molecule has 0 saturated heterocycles. The predicted octanol–water partition coefficient (Wildman–Crippen LogP) is 1.81. The Bertz CT molecular complexity index is 277. The maximum Gasteiger partial charge on any atom is 0.208 e. The van der Waals surface area contributed by atoms with Crippen molar-refractivity contribution in [2.75, 3.05) is 13.7 Å². The van der Waals surface area contributed by atoms with Gasteiger partial charge in [-0.3, -0.25) is 0 Å². The molecule has 1 rings (SSSR count). The predicted molar refractivity (Wildman–Crippen MR) is 58.8 cm³/mol. The molecular formula is C11H20N2O2. The molecule has 0 amide bonds. The van der Waals surface area contributed by atoms with E-state index >= 15 is 0 Å². The van der Waals surface area contributed by atoms with E-state index in [0.29, 0.717) is 12.6 Å². The monoisotopic (exact) mass is 212 g/mol. The van der Waals surface area contributed by atoms with Crippen molar-refractivity contribution >= 4 is 0 Å². The molecule has 0 aliphatic carbocycles. The average Bonchev–Trinajstić information content (AvgIpc) is 2.53. The lowest BCUT2D eigenvalue weighted by Crippen LogP contribution is -2.32. The number of nitrogens with one attached hydrogen (secondary N) is 1. The molecule has 1 heterocycles. The van der Waals surface area contributed by atoms with Gasteiger partial charge in [0.05, 0.1) is 18.8 Å². The Morgan fingerprint density at radius 2 is 2.20 bits per heavy atom. The van der Waals surface area contributed by atoms with Gasteiger partial charge in [-0.2, -0.15) is 0 Å². The van der Waals surface area contributed by atoms with E-state index in [1.54, 1.807) is 7.11 Å². The van der Waals surface area contributed by atoms with Gasteiger partial charge in [-0.25, -0.2) is 4.98 Å². The minimum absolute atomic E-state index is 0.363. The van der Waals surface area contributed by atoms with Crippen LogP contribution < -0.4 is 5.32 Å². The minimum Gasteiger partial charge on any atom is -0.444 e. The third kappa shape index (κ3) is 3.64. The Labute approximate surface area is 91.0 Å². The van der Waals surface area contributed by atoms with Crippen LogP contribution in [0.4, 0.5) is 0 Å². The van der Waals surface area contributed by atoms with Crippen molar-refractivity contribution in [3.05, 3.63) is 17.3 Å². The summed E-state index contributed by atoms with van der Waals surface area (Å²) in [6, 6.07) is 0.363. The molecule has 0 aromatic carbocycles. The molecule has 0 spiro atoms. The summed E-state index contributed by atoms with van der Waals surface area (Å²) in [7, 11) is 1.71. The lowest BCUT2D eigenvalue weighted by Gasteiger charge is -2.14. The van der Waals surface area contributed by atoms with Gasteiger partial charge in [-0.1, -0.05) is 6.92 Å². The van der Waals surface area contributed by atoms with E-state index in [4.69, 9.17) is 9.15 Å². The van der Waals surface area contributed by atoms with Gasteiger partial charge < -0.3 is 14.5 Å². The zero-order valence-electron chi connectivity index (χ0n) is 9.96. The Kier molecular flexibility index (Phi) is 4.78. The van der Waals surface area contributed by atoms with Crippen molar-refractivity contribution in [1.29, 1.82) is 0 Å². The molecule has 1 N–H and O–H groups in total. The Balaban J connectivity index is 2.41. The van der Waals surface area contributed by atoms with Crippen molar-refractivity contribution in [3.8, 4) is 0 Å². The summed E-state index contributed by atoms with van der Waals surface area (Å²) in [5.41, 5.74) is 0.964. The number of oxazole rings is 1. The van der Waals surface area contributed by atoms with Crippen molar-refractivity contribution in [1.82, 2.24) is 10.3 Å². The summed E-state index contributed by atoms with van der Waals surface area (Å²) in [4.78, 5) is 4.31. The fourth-order valence-electron chi connectivity index (χ4n) is 1.37. The quantitative estimate of drug-likeness (QED) is 0.781. The van der Waals surface area contributed by atoms with E-state index in [0.717, 1.165) is 30.4 Å². The Hall–Kier alpha value is -0.870. The van der Waals surface area contributed by atoms with Gasteiger partial charge >= 0.3 is 0 Å². The topological polar surface area (TPSA) is 47.3 Å². The summed E-state index contributed by atoms with van der Waals surface area (Å²) in [5, 5.41) is 3.35. The number of aryl methyl sites for hydroxylation is 2. The molecule has 1 aromatic heterocycles. The van der Waals surface area contributed by atoms with Gasteiger partial charge in [-0.15, -0.1) is 0 Å². The molecule has 0 aliphatic rings. The molecule has 0 aliphatic heterocycles. The number of aromatic nitrogens is 1. The van der Waals surface area contributed by atoms with Gasteiger partial charge in [-0.05, 0) is 20.3 Å². The van der Waals surface area contributed by atoms with Crippen LogP contribution in [0.3, 0.4) is 0 Å². The largest absolute Gasteiger partial charge is 0.444 e. The molecule has 0 fully saturated rings.